The lowest BCUT2D eigenvalue weighted by molar-refractivity contribution is 0.0279. The molecule has 2 rings (SSSR count). The number of carbonyl (C=O) groups excluding carboxylic acids is 2. The minimum atomic E-state index is -0.532. The molecule has 8 heteroatoms. The SMILES string of the molecule is CN(C(=O)c1ccc(Cl)nn1)C1CCN(C(=O)OC(C)(C)C)C1. The van der Waals surface area contributed by atoms with E-state index in [0.29, 0.717) is 19.5 Å². The predicted octanol–water partition coefficient (Wildman–Crippen LogP) is 2.21. The number of hydrogen-bond acceptors (Lipinski definition) is 5. The van der Waals surface area contributed by atoms with E-state index in [2.05, 4.69) is 10.2 Å². The molecule has 0 N–H and O–H groups in total. The first-order valence-corrected chi connectivity index (χ1v) is 7.79. The molecular weight excluding hydrogens is 320 g/mol. The van der Waals surface area contributed by atoms with Gasteiger partial charge >= 0.3 is 6.09 Å². The van der Waals surface area contributed by atoms with Gasteiger partial charge in [-0.1, -0.05) is 11.6 Å². The topological polar surface area (TPSA) is 75.6 Å². The van der Waals surface area contributed by atoms with Crippen LogP contribution < -0.4 is 0 Å². The van der Waals surface area contributed by atoms with Crippen molar-refractivity contribution in [1.29, 1.82) is 0 Å². The summed E-state index contributed by atoms with van der Waals surface area (Å²) in [5.41, 5.74) is -0.303. The number of aromatic nitrogens is 2. The molecule has 7 nitrogen and oxygen atoms in total. The van der Waals surface area contributed by atoms with Crippen molar-refractivity contribution < 1.29 is 14.3 Å². The van der Waals surface area contributed by atoms with Gasteiger partial charge in [0.2, 0.25) is 0 Å². The molecule has 1 atom stereocenters. The first kappa shape index (κ1) is 17.5. The number of carbonyl (C=O) groups is 2. The lowest BCUT2D eigenvalue weighted by atomic mass is 10.2. The molecule has 2 amide bonds. The Morgan fingerprint density at radius 2 is 2.04 bits per heavy atom. The van der Waals surface area contributed by atoms with E-state index in [1.807, 2.05) is 20.8 Å². The summed E-state index contributed by atoms with van der Waals surface area (Å²) in [5.74, 6) is -0.245. The standard InChI is InChI=1S/C15H21ClN4O3/c1-15(2,3)23-14(22)20-8-7-10(9-20)19(4)13(21)11-5-6-12(16)18-17-11/h5-6,10H,7-9H2,1-4H3. The average molecular weight is 341 g/mol. The van der Waals surface area contributed by atoms with Crippen molar-refractivity contribution in [2.75, 3.05) is 20.1 Å². The summed E-state index contributed by atoms with van der Waals surface area (Å²) in [6, 6.07) is 2.99. The van der Waals surface area contributed by atoms with Crippen molar-refractivity contribution in [2.45, 2.75) is 38.8 Å². The third-order valence-electron chi connectivity index (χ3n) is 3.53. The Morgan fingerprint density at radius 3 is 2.61 bits per heavy atom. The fraction of sp³-hybridized carbons (Fsp3) is 0.600. The van der Waals surface area contributed by atoms with Crippen LogP contribution in [0.2, 0.25) is 5.15 Å². The van der Waals surface area contributed by atoms with Crippen LogP contribution in [0.15, 0.2) is 12.1 Å². The molecule has 0 bridgehead atoms. The Balaban J connectivity index is 1.96. The number of hydrogen-bond donors (Lipinski definition) is 0. The Labute approximate surface area is 140 Å². The maximum atomic E-state index is 12.4. The summed E-state index contributed by atoms with van der Waals surface area (Å²) >= 11 is 5.67. The van der Waals surface area contributed by atoms with Gasteiger partial charge in [0.15, 0.2) is 10.8 Å². The zero-order chi connectivity index (χ0) is 17.2. The van der Waals surface area contributed by atoms with Crippen LogP contribution in [0.4, 0.5) is 4.79 Å². The van der Waals surface area contributed by atoms with Crippen molar-refractivity contribution in [1.82, 2.24) is 20.0 Å². The fourth-order valence-electron chi connectivity index (χ4n) is 2.33. The summed E-state index contributed by atoms with van der Waals surface area (Å²) in [6.07, 6.45) is 0.342. The van der Waals surface area contributed by atoms with Crippen LogP contribution in [0.1, 0.15) is 37.7 Å². The number of likely N-dealkylation sites (N-methyl/N-ethyl adjacent to an activating group) is 1. The lowest BCUT2D eigenvalue weighted by Gasteiger charge is -2.26. The normalized spacial score (nSPS) is 18.0. The highest BCUT2D eigenvalue weighted by Crippen LogP contribution is 2.19. The molecule has 1 aromatic rings. The van der Waals surface area contributed by atoms with Gasteiger partial charge in [0.25, 0.3) is 5.91 Å². The summed E-state index contributed by atoms with van der Waals surface area (Å²) in [7, 11) is 1.70. The maximum absolute atomic E-state index is 12.4. The number of likely N-dealkylation sites (tertiary alicyclic amines) is 1. The molecule has 0 spiro atoms. The van der Waals surface area contributed by atoms with Crippen LogP contribution in [0.25, 0.3) is 0 Å². The Kier molecular flexibility index (Phi) is 5.09. The molecule has 23 heavy (non-hydrogen) atoms. The molecule has 1 aromatic heterocycles. The first-order valence-electron chi connectivity index (χ1n) is 7.41. The van der Waals surface area contributed by atoms with Crippen LogP contribution in [-0.2, 0) is 4.74 Å². The zero-order valence-corrected chi connectivity index (χ0v) is 14.5. The molecule has 1 saturated heterocycles. The summed E-state index contributed by atoms with van der Waals surface area (Å²) < 4.78 is 5.35. The molecule has 1 fully saturated rings. The summed E-state index contributed by atoms with van der Waals surface area (Å²) in [5, 5.41) is 7.71. The van der Waals surface area contributed by atoms with E-state index in [4.69, 9.17) is 16.3 Å². The van der Waals surface area contributed by atoms with E-state index in [9.17, 15) is 9.59 Å². The Bertz CT molecular complexity index is 585. The smallest absolute Gasteiger partial charge is 0.410 e. The van der Waals surface area contributed by atoms with E-state index in [-0.39, 0.29) is 28.9 Å². The summed E-state index contributed by atoms with van der Waals surface area (Å²) in [6.45, 7) is 6.48. The van der Waals surface area contributed by atoms with Gasteiger partial charge in [-0.2, -0.15) is 0 Å². The van der Waals surface area contributed by atoms with E-state index < -0.39 is 5.60 Å². The van der Waals surface area contributed by atoms with Crippen LogP contribution >= 0.6 is 11.6 Å². The van der Waals surface area contributed by atoms with Gasteiger partial charge in [-0.05, 0) is 39.3 Å². The van der Waals surface area contributed by atoms with Crippen LogP contribution in [0, 0.1) is 0 Å². The molecule has 1 aliphatic rings. The third kappa shape index (κ3) is 4.54. The highest BCUT2D eigenvalue weighted by atomic mass is 35.5. The molecule has 0 saturated carbocycles. The Hall–Kier alpha value is -1.89. The molecule has 1 aliphatic heterocycles. The fourth-order valence-corrected chi connectivity index (χ4v) is 2.43. The maximum Gasteiger partial charge on any atom is 0.410 e. The minimum absolute atomic E-state index is 0.0764. The number of rotatable bonds is 2. The van der Waals surface area contributed by atoms with Crippen molar-refractivity contribution in [3.63, 3.8) is 0 Å². The highest BCUT2D eigenvalue weighted by molar-refractivity contribution is 6.29. The van der Waals surface area contributed by atoms with E-state index in [1.54, 1.807) is 16.8 Å². The van der Waals surface area contributed by atoms with Gasteiger partial charge in [-0.25, -0.2) is 4.79 Å². The van der Waals surface area contributed by atoms with E-state index in [1.165, 1.54) is 12.1 Å². The Morgan fingerprint density at radius 1 is 1.35 bits per heavy atom. The molecule has 1 unspecified atom stereocenters. The van der Waals surface area contributed by atoms with Crippen molar-refractivity contribution >= 4 is 23.6 Å². The number of nitrogens with zero attached hydrogens (tertiary/aromatic N) is 4. The zero-order valence-electron chi connectivity index (χ0n) is 13.7. The molecule has 126 valence electrons. The second-order valence-corrected chi connectivity index (χ2v) is 6.91. The lowest BCUT2D eigenvalue weighted by Crippen LogP contribution is -2.41. The van der Waals surface area contributed by atoms with Crippen molar-refractivity contribution in [3.8, 4) is 0 Å². The molecule has 0 radical (unpaired) electrons. The minimum Gasteiger partial charge on any atom is -0.444 e. The van der Waals surface area contributed by atoms with Crippen LogP contribution in [0.5, 0.6) is 0 Å². The van der Waals surface area contributed by atoms with Gasteiger partial charge in [0, 0.05) is 20.1 Å². The molecular formula is C15H21ClN4O3. The average Bonchev–Trinajstić information content (AvgIpc) is 2.94. The quantitative estimate of drug-likeness (QED) is 0.825. The second-order valence-electron chi connectivity index (χ2n) is 6.53. The van der Waals surface area contributed by atoms with Gasteiger partial charge in [-0.3, -0.25) is 4.79 Å². The molecule has 0 aliphatic carbocycles. The van der Waals surface area contributed by atoms with Gasteiger partial charge < -0.3 is 14.5 Å². The van der Waals surface area contributed by atoms with E-state index in [0.717, 1.165) is 0 Å². The molecule has 0 aromatic carbocycles. The van der Waals surface area contributed by atoms with Crippen LogP contribution in [-0.4, -0.2) is 63.8 Å². The van der Waals surface area contributed by atoms with Crippen molar-refractivity contribution in [2.24, 2.45) is 0 Å². The summed E-state index contributed by atoms with van der Waals surface area (Å²) in [4.78, 5) is 27.7. The molecule has 2 heterocycles. The number of halogens is 1. The van der Waals surface area contributed by atoms with Crippen molar-refractivity contribution in [3.05, 3.63) is 23.0 Å². The highest BCUT2D eigenvalue weighted by Gasteiger charge is 2.33. The largest absolute Gasteiger partial charge is 0.444 e. The number of ether oxygens (including phenoxy) is 1. The second kappa shape index (κ2) is 6.70. The van der Waals surface area contributed by atoms with Gasteiger partial charge in [-0.15, -0.1) is 10.2 Å². The third-order valence-corrected chi connectivity index (χ3v) is 3.74. The van der Waals surface area contributed by atoms with E-state index >= 15 is 0 Å². The first-order chi connectivity index (χ1) is 10.7. The monoisotopic (exact) mass is 340 g/mol. The van der Waals surface area contributed by atoms with Gasteiger partial charge in [0.1, 0.15) is 5.60 Å². The predicted molar refractivity (Wildman–Crippen MR) is 85.3 cm³/mol. The van der Waals surface area contributed by atoms with Crippen LogP contribution in [0.3, 0.4) is 0 Å². The number of amides is 2. The van der Waals surface area contributed by atoms with Gasteiger partial charge in [0.05, 0.1) is 6.04 Å².